The molecule has 0 aliphatic rings. The maximum Gasteiger partial charge on any atom is 0.328 e. The summed E-state index contributed by atoms with van der Waals surface area (Å²) < 4.78 is 17.9. The molecule has 0 saturated heterocycles. The molecule has 0 spiro atoms. The second-order valence-electron chi connectivity index (χ2n) is 8.87. The van der Waals surface area contributed by atoms with Crippen LogP contribution in [0.15, 0.2) is 0 Å². The molecule has 0 heterocycles. The van der Waals surface area contributed by atoms with Crippen molar-refractivity contribution in [3.63, 3.8) is 0 Å². The van der Waals surface area contributed by atoms with E-state index < -0.39 is 6.72 Å². The lowest BCUT2D eigenvalue weighted by Gasteiger charge is -2.34. The quantitative estimate of drug-likeness (QED) is 0.222. The van der Waals surface area contributed by atoms with Crippen molar-refractivity contribution in [2.24, 2.45) is 0 Å². The second-order valence-corrected chi connectivity index (χ2v) is 11.7. The molecular weight excluding hydrogens is 351 g/mol. The van der Waals surface area contributed by atoms with E-state index in [0.717, 1.165) is 6.42 Å². The SMILES string of the molecule is CCCCCCCCCCCCOP(=S)(OC(C)(C)C)OC(C)(C)C. The molecule has 0 radical (unpaired) electrons. The molecule has 5 heteroatoms. The molecule has 0 aromatic carbocycles. The van der Waals surface area contributed by atoms with E-state index in [0.29, 0.717) is 6.61 Å². The van der Waals surface area contributed by atoms with Crippen LogP contribution in [0.4, 0.5) is 0 Å². The fourth-order valence-electron chi connectivity index (χ4n) is 2.51. The fourth-order valence-corrected chi connectivity index (χ4v) is 5.91. The third-order valence-corrected chi connectivity index (χ3v) is 6.32. The molecule has 3 nitrogen and oxygen atoms in total. The first kappa shape index (κ1) is 25.5. The van der Waals surface area contributed by atoms with Crippen molar-refractivity contribution in [1.82, 2.24) is 0 Å². The van der Waals surface area contributed by atoms with Gasteiger partial charge in [0.25, 0.3) is 0 Å². The molecule has 0 fully saturated rings. The van der Waals surface area contributed by atoms with E-state index in [1.54, 1.807) is 0 Å². The summed E-state index contributed by atoms with van der Waals surface area (Å²) in [6, 6.07) is 0. The third-order valence-electron chi connectivity index (χ3n) is 3.52. The van der Waals surface area contributed by atoms with E-state index in [2.05, 4.69) is 6.92 Å². The zero-order chi connectivity index (χ0) is 19.4. The summed E-state index contributed by atoms with van der Waals surface area (Å²) in [4.78, 5) is 0. The van der Waals surface area contributed by atoms with E-state index in [1.807, 2.05) is 41.5 Å². The van der Waals surface area contributed by atoms with Gasteiger partial charge < -0.3 is 13.6 Å². The van der Waals surface area contributed by atoms with Crippen molar-refractivity contribution in [2.45, 2.75) is 124 Å². The molecule has 0 rings (SSSR count). The van der Waals surface area contributed by atoms with Gasteiger partial charge in [-0.3, -0.25) is 0 Å². The highest BCUT2D eigenvalue weighted by Gasteiger charge is 2.32. The van der Waals surface area contributed by atoms with E-state index in [1.165, 1.54) is 57.8 Å². The number of rotatable bonds is 14. The predicted molar refractivity (Wildman–Crippen MR) is 114 cm³/mol. The minimum absolute atomic E-state index is 0.363. The lowest BCUT2D eigenvalue weighted by molar-refractivity contribution is 0.0301. The molecule has 152 valence electrons. The Labute approximate surface area is 162 Å². The molecule has 0 aliphatic carbocycles. The van der Waals surface area contributed by atoms with Crippen molar-refractivity contribution in [1.29, 1.82) is 0 Å². The summed E-state index contributed by atoms with van der Waals surface area (Å²) in [6.07, 6.45) is 13.1. The first-order valence-electron chi connectivity index (χ1n) is 10.1. The van der Waals surface area contributed by atoms with Crippen LogP contribution in [0.5, 0.6) is 0 Å². The highest BCUT2D eigenvalue weighted by atomic mass is 32.5. The van der Waals surface area contributed by atoms with Gasteiger partial charge in [0.05, 0.1) is 17.8 Å². The molecule has 25 heavy (non-hydrogen) atoms. The van der Waals surface area contributed by atoms with Crippen molar-refractivity contribution in [3.05, 3.63) is 0 Å². The lowest BCUT2D eigenvalue weighted by atomic mass is 10.1. The van der Waals surface area contributed by atoms with Crippen LogP contribution >= 0.6 is 6.72 Å². The van der Waals surface area contributed by atoms with Gasteiger partial charge >= 0.3 is 6.72 Å². The van der Waals surface area contributed by atoms with Crippen molar-refractivity contribution in [3.8, 4) is 0 Å². The average Bonchev–Trinajstić information content (AvgIpc) is 2.40. The van der Waals surface area contributed by atoms with Gasteiger partial charge in [-0.25, -0.2) is 0 Å². The summed E-state index contributed by atoms with van der Waals surface area (Å²) in [5, 5.41) is 0. The zero-order valence-corrected chi connectivity index (χ0v) is 19.6. The predicted octanol–water partition coefficient (Wildman–Crippen LogP) is 7.78. The number of hydrogen-bond acceptors (Lipinski definition) is 4. The van der Waals surface area contributed by atoms with Gasteiger partial charge in [0.15, 0.2) is 0 Å². The minimum Gasteiger partial charge on any atom is -0.309 e. The van der Waals surface area contributed by atoms with Crippen LogP contribution in [0.1, 0.15) is 113 Å². The van der Waals surface area contributed by atoms with Crippen molar-refractivity contribution in [2.75, 3.05) is 6.61 Å². The third kappa shape index (κ3) is 17.7. The van der Waals surface area contributed by atoms with Crippen molar-refractivity contribution >= 4 is 18.5 Å². The Kier molecular flexibility index (Phi) is 13.1. The van der Waals surface area contributed by atoms with E-state index >= 15 is 0 Å². The Morgan fingerprint density at radius 2 is 1.00 bits per heavy atom. The van der Waals surface area contributed by atoms with Crippen LogP contribution in [0, 0.1) is 0 Å². The molecule has 0 atom stereocenters. The first-order chi connectivity index (χ1) is 11.5. The van der Waals surface area contributed by atoms with Gasteiger partial charge in [-0.05, 0) is 59.8 Å². The summed E-state index contributed by atoms with van der Waals surface area (Å²) in [6.45, 7) is 12.1. The Balaban J connectivity index is 3.94. The van der Waals surface area contributed by atoms with Gasteiger partial charge in [-0.2, -0.15) is 0 Å². The Hall–Kier alpha value is 0.530. The topological polar surface area (TPSA) is 27.7 Å². The minimum atomic E-state index is -2.71. The largest absolute Gasteiger partial charge is 0.328 e. The molecular formula is C20H43O3PS. The molecule has 0 bridgehead atoms. The van der Waals surface area contributed by atoms with Gasteiger partial charge in [-0.1, -0.05) is 64.7 Å². The van der Waals surface area contributed by atoms with Crippen LogP contribution in [-0.4, -0.2) is 17.8 Å². The molecule has 0 aromatic rings. The highest BCUT2D eigenvalue weighted by molar-refractivity contribution is 8.07. The van der Waals surface area contributed by atoms with Crippen LogP contribution in [-0.2, 0) is 25.4 Å². The van der Waals surface area contributed by atoms with Crippen LogP contribution < -0.4 is 0 Å². The standard InChI is InChI=1S/C20H43O3PS/c1-8-9-10-11-12-13-14-15-16-17-18-21-24(25,22-19(2,3)4)23-20(5,6)7/h8-18H2,1-7H3. The first-order valence-corrected chi connectivity index (χ1v) is 12.7. The average molecular weight is 395 g/mol. The smallest absolute Gasteiger partial charge is 0.309 e. The molecule has 0 N–H and O–H groups in total. The lowest BCUT2D eigenvalue weighted by Crippen LogP contribution is -2.24. The maximum absolute atomic E-state index is 5.97. The summed E-state index contributed by atoms with van der Waals surface area (Å²) in [7, 11) is 0. The van der Waals surface area contributed by atoms with Gasteiger partial charge in [-0.15, -0.1) is 0 Å². The number of hydrogen-bond donors (Lipinski definition) is 0. The van der Waals surface area contributed by atoms with E-state index in [9.17, 15) is 0 Å². The molecule has 0 aromatic heterocycles. The molecule has 0 saturated carbocycles. The van der Waals surface area contributed by atoms with Gasteiger partial charge in [0.2, 0.25) is 0 Å². The molecule has 0 amide bonds. The van der Waals surface area contributed by atoms with Gasteiger partial charge in [0, 0.05) is 0 Å². The second kappa shape index (κ2) is 12.8. The van der Waals surface area contributed by atoms with E-state index in [4.69, 9.17) is 25.4 Å². The number of unbranched alkanes of at least 4 members (excludes halogenated alkanes) is 9. The monoisotopic (exact) mass is 394 g/mol. The zero-order valence-electron chi connectivity index (χ0n) is 17.9. The summed E-state index contributed by atoms with van der Waals surface area (Å²) in [5.41, 5.74) is -0.725. The molecule has 0 aliphatic heterocycles. The maximum atomic E-state index is 5.97. The highest BCUT2D eigenvalue weighted by Crippen LogP contribution is 2.55. The Bertz CT molecular complexity index is 352. The van der Waals surface area contributed by atoms with Crippen LogP contribution in [0.25, 0.3) is 0 Å². The summed E-state index contributed by atoms with van der Waals surface area (Å²) in [5.74, 6) is 0. The normalized spacial score (nSPS) is 13.4. The molecule has 0 unspecified atom stereocenters. The Morgan fingerprint density at radius 3 is 1.36 bits per heavy atom. The van der Waals surface area contributed by atoms with Crippen molar-refractivity contribution < 1.29 is 13.6 Å². The summed E-state index contributed by atoms with van der Waals surface area (Å²) >= 11 is 5.61. The van der Waals surface area contributed by atoms with Crippen LogP contribution in [0.3, 0.4) is 0 Å². The fraction of sp³-hybridized carbons (Fsp3) is 1.00. The van der Waals surface area contributed by atoms with Crippen LogP contribution in [0.2, 0.25) is 0 Å². The Morgan fingerprint density at radius 1 is 0.640 bits per heavy atom. The van der Waals surface area contributed by atoms with E-state index in [-0.39, 0.29) is 11.2 Å². The van der Waals surface area contributed by atoms with Gasteiger partial charge in [0.1, 0.15) is 0 Å².